The van der Waals surface area contributed by atoms with Crippen LogP contribution < -0.4 is 0 Å². The van der Waals surface area contributed by atoms with Crippen molar-refractivity contribution in [2.75, 3.05) is 84.6 Å². The maximum Gasteiger partial charge on any atom is 0.143 e. The molecule has 0 aliphatic heterocycles. The van der Waals surface area contributed by atoms with Gasteiger partial charge < -0.3 is 28.4 Å². The lowest BCUT2D eigenvalue weighted by Crippen LogP contribution is -2.22. The fraction of sp³-hybridized carbons (Fsp3) is 0.909. The molecular formula is C22H41BrO8. The van der Waals surface area contributed by atoms with E-state index in [4.69, 9.17) is 28.4 Å². The van der Waals surface area contributed by atoms with E-state index in [9.17, 15) is 9.59 Å². The van der Waals surface area contributed by atoms with Crippen molar-refractivity contribution in [1.82, 2.24) is 0 Å². The molecule has 0 aromatic rings. The molecule has 0 heterocycles. The summed E-state index contributed by atoms with van der Waals surface area (Å²) in [5, 5.41) is 0.410. The number of carbonyl (C=O) groups excluding carboxylic acids is 2. The summed E-state index contributed by atoms with van der Waals surface area (Å²) in [6, 6.07) is 0. The first-order chi connectivity index (χ1) is 14.9. The first-order valence-electron chi connectivity index (χ1n) is 11.0. The number of hydrogen-bond donors (Lipinski definition) is 0. The molecule has 8 nitrogen and oxygen atoms in total. The van der Waals surface area contributed by atoms with Gasteiger partial charge in [0.15, 0.2) is 0 Å². The minimum atomic E-state index is -0.306. The van der Waals surface area contributed by atoms with E-state index in [2.05, 4.69) is 15.9 Å². The predicted molar refractivity (Wildman–Crippen MR) is 122 cm³/mol. The van der Waals surface area contributed by atoms with Crippen LogP contribution in [-0.2, 0) is 38.0 Å². The van der Waals surface area contributed by atoms with Crippen LogP contribution in [0.1, 0.15) is 40.0 Å². The molecule has 0 spiro atoms. The van der Waals surface area contributed by atoms with Gasteiger partial charge in [-0.25, -0.2) is 0 Å². The molecule has 0 N–H and O–H groups in total. The topological polar surface area (TPSA) is 89.5 Å². The van der Waals surface area contributed by atoms with E-state index in [-0.39, 0.29) is 17.0 Å². The molecule has 0 aliphatic rings. The number of hydrogen-bond acceptors (Lipinski definition) is 8. The highest BCUT2D eigenvalue weighted by molar-refractivity contribution is 9.09. The smallest absolute Gasteiger partial charge is 0.143 e. The van der Waals surface area contributed by atoms with Gasteiger partial charge in [0, 0.05) is 24.9 Å². The van der Waals surface area contributed by atoms with E-state index in [1.165, 1.54) is 0 Å². The van der Waals surface area contributed by atoms with Crippen LogP contribution in [0.15, 0.2) is 0 Å². The monoisotopic (exact) mass is 512 g/mol. The average molecular weight is 513 g/mol. The van der Waals surface area contributed by atoms with Gasteiger partial charge in [0.2, 0.25) is 0 Å². The highest BCUT2D eigenvalue weighted by Crippen LogP contribution is 2.16. The minimum Gasteiger partial charge on any atom is -0.379 e. The summed E-state index contributed by atoms with van der Waals surface area (Å²) in [5.41, 5.74) is -0.306. The van der Waals surface area contributed by atoms with Crippen molar-refractivity contribution in [3.63, 3.8) is 0 Å². The normalized spacial score (nSPS) is 11.7. The Bertz CT molecular complexity index is 440. The highest BCUT2D eigenvalue weighted by Gasteiger charge is 2.20. The second kappa shape index (κ2) is 21.4. The van der Waals surface area contributed by atoms with Crippen molar-refractivity contribution < 1.29 is 38.0 Å². The van der Waals surface area contributed by atoms with E-state index in [1.54, 1.807) is 0 Å². The molecule has 0 aliphatic carbocycles. The van der Waals surface area contributed by atoms with Crippen LogP contribution in [0.2, 0.25) is 0 Å². The van der Waals surface area contributed by atoms with Crippen molar-refractivity contribution in [1.29, 1.82) is 0 Å². The summed E-state index contributed by atoms with van der Waals surface area (Å²) in [4.78, 5) is 22.8. The zero-order valence-electron chi connectivity index (χ0n) is 19.5. The van der Waals surface area contributed by atoms with Gasteiger partial charge in [-0.05, 0) is 6.42 Å². The standard InChI is InChI=1S/C22H41BrO8/c1-22(2,3)21(25)6-8-27-10-12-29-14-16-31-18-17-30-15-13-28-11-9-26-7-4-5-20(24)19-23/h4-19H2,1-3H3. The third-order valence-electron chi connectivity index (χ3n) is 4.06. The summed E-state index contributed by atoms with van der Waals surface area (Å²) < 4.78 is 32.4. The van der Waals surface area contributed by atoms with Gasteiger partial charge >= 0.3 is 0 Å². The molecule has 0 saturated heterocycles. The largest absolute Gasteiger partial charge is 0.379 e. The first kappa shape index (κ1) is 30.6. The number of rotatable bonds is 23. The molecule has 0 aromatic carbocycles. The lowest BCUT2D eigenvalue weighted by Gasteiger charge is -2.16. The van der Waals surface area contributed by atoms with Crippen LogP contribution in [-0.4, -0.2) is 96.2 Å². The zero-order chi connectivity index (χ0) is 23.2. The average Bonchev–Trinajstić information content (AvgIpc) is 2.73. The Morgan fingerprint density at radius 3 is 1.29 bits per heavy atom. The summed E-state index contributed by atoms with van der Waals surface area (Å²) >= 11 is 3.13. The summed E-state index contributed by atoms with van der Waals surface area (Å²) in [7, 11) is 0. The van der Waals surface area contributed by atoms with E-state index in [0.717, 1.165) is 6.42 Å². The molecule has 0 radical (unpaired) electrons. The number of carbonyl (C=O) groups is 2. The van der Waals surface area contributed by atoms with Crippen molar-refractivity contribution in [2.45, 2.75) is 40.0 Å². The van der Waals surface area contributed by atoms with Gasteiger partial charge in [0.05, 0.1) is 78.0 Å². The first-order valence-corrected chi connectivity index (χ1v) is 12.1. The molecular weight excluding hydrogens is 472 g/mol. The Morgan fingerprint density at radius 2 is 0.935 bits per heavy atom. The predicted octanol–water partition coefficient (Wildman–Crippen LogP) is 2.84. The lowest BCUT2D eigenvalue weighted by molar-refractivity contribution is -0.127. The van der Waals surface area contributed by atoms with Gasteiger partial charge in [0.25, 0.3) is 0 Å². The maximum absolute atomic E-state index is 11.7. The van der Waals surface area contributed by atoms with Crippen molar-refractivity contribution in [3.8, 4) is 0 Å². The quantitative estimate of drug-likeness (QED) is 0.152. The Balaban J connectivity index is 3.13. The third-order valence-corrected chi connectivity index (χ3v) is 4.69. The molecule has 0 amide bonds. The van der Waals surface area contributed by atoms with Crippen LogP contribution >= 0.6 is 15.9 Å². The van der Waals surface area contributed by atoms with Crippen LogP contribution in [0.4, 0.5) is 0 Å². The zero-order valence-corrected chi connectivity index (χ0v) is 21.0. The summed E-state index contributed by atoms with van der Waals surface area (Å²) in [5.74, 6) is 0.399. The molecule has 0 aromatic heterocycles. The lowest BCUT2D eigenvalue weighted by atomic mass is 9.89. The Kier molecular flexibility index (Phi) is 21.1. The number of ether oxygens (including phenoxy) is 6. The molecule has 9 heteroatoms. The SMILES string of the molecule is CC(C)(C)C(=O)CCOCCOCCOCCOCCOCCOCCCC(=O)CBr. The van der Waals surface area contributed by atoms with Gasteiger partial charge in [-0.2, -0.15) is 0 Å². The number of alkyl halides is 1. The summed E-state index contributed by atoms with van der Waals surface area (Å²) in [6.45, 7) is 11.8. The molecule has 31 heavy (non-hydrogen) atoms. The van der Waals surface area contributed by atoms with Crippen LogP contribution in [0.5, 0.6) is 0 Å². The van der Waals surface area contributed by atoms with Crippen LogP contribution in [0, 0.1) is 5.41 Å². The van der Waals surface area contributed by atoms with E-state index < -0.39 is 0 Å². The Labute approximate surface area is 195 Å². The van der Waals surface area contributed by atoms with Crippen molar-refractivity contribution >= 4 is 27.5 Å². The van der Waals surface area contributed by atoms with Gasteiger partial charge in [-0.3, -0.25) is 9.59 Å². The van der Waals surface area contributed by atoms with Gasteiger partial charge in [0.1, 0.15) is 11.6 Å². The highest BCUT2D eigenvalue weighted by atomic mass is 79.9. The molecule has 0 atom stereocenters. The van der Waals surface area contributed by atoms with Gasteiger partial charge in [-0.1, -0.05) is 36.7 Å². The molecule has 0 rings (SSSR count). The number of Topliss-reactive ketones (excluding diaryl/α,β-unsaturated/α-hetero) is 2. The Morgan fingerprint density at radius 1 is 0.581 bits per heavy atom. The Hall–Kier alpha value is -0.420. The van der Waals surface area contributed by atoms with E-state index in [1.807, 2.05) is 20.8 Å². The number of ketones is 2. The van der Waals surface area contributed by atoms with Crippen LogP contribution in [0.25, 0.3) is 0 Å². The number of halogens is 1. The second-order valence-corrected chi connectivity index (χ2v) is 8.43. The molecule has 0 unspecified atom stereocenters. The second-order valence-electron chi connectivity index (χ2n) is 7.87. The molecule has 184 valence electrons. The maximum atomic E-state index is 11.7. The summed E-state index contributed by atoms with van der Waals surface area (Å²) in [6.07, 6.45) is 1.72. The van der Waals surface area contributed by atoms with Crippen molar-refractivity contribution in [2.24, 2.45) is 5.41 Å². The molecule has 0 fully saturated rings. The fourth-order valence-corrected chi connectivity index (χ4v) is 2.46. The van der Waals surface area contributed by atoms with Crippen LogP contribution in [0.3, 0.4) is 0 Å². The third kappa shape index (κ3) is 22.6. The van der Waals surface area contributed by atoms with E-state index in [0.29, 0.717) is 97.5 Å². The molecule has 0 saturated carbocycles. The van der Waals surface area contributed by atoms with Gasteiger partial charge in [-0.15, -0.1) is 0 Å². The van der Waals surface area contributed by atoms with E-state index >= 15 is 0 Å². The minimum absolute atomic E-state index is 0.195. The van der Waals surface area contributed by atoms with Crippen molar-refractivity contribution in [3.05, 3.63) is 0 Å². The fourth-order valence-electron chi connectivity index (χ4n) is 2.18. The molecule has 0 bridgehead atoms.